The number of anilines is 3. The number of benzene rings is 10. The Morgan fingerprint density at radius 2 is 0.892 bits per heavy atom. The monoisotopic (exact) mass is 832 g/mol. The van der Waals surface area contributed by atoms with Crippen LogP contribution in [0.25, 0.3) is 82.8 Å². The molecule has 0 radical (unpaired) electrons. The molecule has 0 N–H and O–H groups in total. The quantitative estimate of drug-likeness (QED) is 0.155. The van der Waals surface area contributed by atoms with Crippen molar-refractivity contribution in [3.8, 4) is 50.2 Å². The maximum absolute atomic E-state index is 2.44. The molecular formula is C63H48N2. The van der Waals surface area contributed by atoms with Crippen molar-refractivity contribution in [2.24, 2.45) is 0 Å². The first-order chi connectivity index (χ1) is 31.8. The van der Waals surface area contributed by atoms with E-state index in [9.17, 15) is 0 Å². The predicted molar refractivity (Wildman–Crippen MR) is 276 cm³/mol. The lowest BCUT2D eigenvalue weighted by molar-refractivity contribution is 0.660. The molecule has 310 valence electrons. The molecular weight excluding hydrogens is 785 g/mol. The zero-order valence-corrected chi connectivity index (χ0v) is 37.2. The van der Waals surface area contributed by atoms with Gasteiger partial charge in [-0.05, 0) is 164 Å². The summed E-state index contributed by atoms with van der Waals surface area (Å²) in [4.78, 5) is 2.44. The number of hydrogen-bond donors (Lipinski definition) is 0. The van der Waals surface area contributed by atoms with Gasteiger partial charge in [0.05, 0.1) is 16.7 Å². The highest BCUT2D eigenvalue weighted by molar-refractivity contribution is 6.09. The van der Waals surface area contributed by atoms with Gasteiger partial charge in [-0.15, -0.1) is 0 Å². The minimum absolute atomic E-state index is 0.0503. The molecule has 1 heterocycles. The van der Waals surface area contributed by atoms with Gasteiger partial charge in [0.2, 0.25) is 0 Å². The lowest BCUT2D eigenvalue weighted by Crippen LogP contribution is -2.14. The first-order valence-electron chi connectivity index (χ1n) is 22.7. The molecule has 0 atom stereocenters. The van der Waals surface area contributed by atoms with Crippen LogP contribution in [0.4, 0.5) is 17.1 Å². The predicted octanol–water partition coefficient (Wildman–Crippen LogP) is 17.3. The molecule has 0 fully saturated rings. The maximum atomic E-state index is 2.44. The van der Waals surface area contributed by atoms with Crippen LogP contribution in [0.15, 0.2) is 218 Å². The fourth-order valence-electron chi connectivity index (χ4n) is 10.8. The number of hydrogen-bond acceptors (Lipinski definition) is 1. The molecule has 2 heteroatoms. The van der Waals surface area contributed by atoms with Gasteiger partial charge in [-0.25, -0.2) is 0 Å². The van der Waals surface area contributed by atoms with Gasteiger partial charge in [0.25, 0.3) is 0 Å². The van der Waals surface area contributed by atoms with Crippen LogP contribution in [0.3, 0.4) is 0 Å². The van der Waals surface area contributed by atoms with Crippen LogP contribution in [0.1, 0.15) is 36.1 Å². The normalized spacial score (nSPS) is 12.7. The van der Waals surface area contributed by atoms with E-state index in [-0.39, 0.29) is 5.41 Å². The average molecular weight is 833 g/mol. The number of rotatable bonds is 7. The second kappa shape index (κ2) is 15.1. The summed E-state index contributed by atoms with van der Waals surface area (Å²) in [6.45, 7) is 9.23. The van der Waals surface area contributed by atoms with Crippen LogP contribution in [0.5, 0.6) is 0 Å². The number of fused-ring (bicyclic) bond motifs is 7. The van der Waals surface area contributed by atoms with E-state index < -0.39 is 0 Å². The molecule has 0 saturated heterocycles. The Morgan fingerprint density at radius 3 is 1.57 bits per heavy atom. The molecule has 2 nitrogen and oxygen atoms in total. The number of aromatic nitrogens is 1. The molecule has 11 aromatic rings. The van der Waals surface area contributed by atoms with Crippen LogP contribution >= 0.6 is 0 Å². The van der Waals surface area contributed by atoms with Crippen molar-refractivity contribution in [3.63, 3.8) is 0 Å². The Morgan fingerprint density at radius 1 is 0.369 bits per heavy atom. The summed E-state index contributed by atoms with van der Waals surface area (Å²) in [5.41, 5.74) is 22.1. The van der Waals surface area contributed by atoms with Crippen molar-refractivity contribution in [1.82, 2.24) is 4.57 Å². The summed E-state index contributed by atoms with van der Waals surface area (Å²) in [5, 5.41) is 5.04. The van der Waals surface area contributed by atoms with E-state index in [4.69, 9.17) is 0 Å². The lowest BCUT2D eigenvalue weighted by Gasteiger charge is -2.29. The van der Waals surface area contributed by atoms with Crippen molar-refractivity contribution in [2.45, 2.75) is 33.1 Å². The average Bonchev–Trinajstić information content (AvgIpc) is 3.80. The van der Waals surface area contributed by atoms with Crippen molar-refractivity contribution >= 4 is 49.6 Å². The maximum Gasteiger partial charge on any atom is 0.0541 e. The zero-order chi connectivity index (χ0) is 43.8. The molecule has 0 saturated carbocycles. The lowest BCUT2D eigenvalue weighted by atomic mass is 9.81. The van der Waals surface area contributed by atoms with Gasteiger partial charge in [-0.1, -0.05) is 159 Å². The molecule has 0 amide bonds. The van der Waals surface area contributed by atoms with E-state index in [0.29, 0.717) is 0 Å². The third-order valence-corrected chi connectivity index (χ3v) is 14.0. The molecule has 0 aliphatic heterocycles. The highest BCUT2D eigenvalue weighted by Gasteiger charge is 2.35. The second-order valence-electron chi connectivity index (χ2n) is 18.3. The summed E-state index contributed by atoms with van der Waals surface area (Å²) >= 11 is 0. The van der Waals surface area contributed by atoms with E-state index in [1.807, 2.05) is 0 Å². The molecule has 1 aliphatic carbocycles. The topological polar surface area (TPSA) is 8.17 Å². The summed E-state index contributed by atoms with van der Waals surface area (Å²) < 4.78 is 2.40. The van der Waals surface area contributed by atoms with Crippen molar-refractivity contribution < 1.29 is 0 Å². The van der Waals surface area contributed by atoms with E-state index in [0.717, 1.165) is 17.1 Å². The Bertz CT molecular complexity index is 3570. The standard InChI is InChI=1S/C63H48N2/c1-41-36-50(47-16-13-17-53(39-47)65-60-22-11-8-19-56(60)57-20-9-12-23-61(57)65)37-42(2)62(41)64(51-31-26-44(27-32-51)48-25-24-43-14-5-6-15-46(43)38-48)52-33-28-45(29-34-52)49-30-35-55-54-18-7-10-21-58(54)63(3,4)59(55)40-49/h5-40H,1-4H3. The summed E-state index contributed by atoms with van der Waals surface area (Å²) in [7, 11) is 0. The Kier molecular flexibility index (Phi) is 9.00. The smallest absolute Gasteiger partial charge is 0.0541 e. The molecule has 0 bridgehead atoms. The fourth-order valence-corrected chi connectivity index (χ4v) is 10.8. The summed E-state index contributed by atoms with van der Waals surface area (Å²) in [6, 6.07) is 80.7. The molecule has 65 heavy (non-hydrogen) atoms. The third kappa shape index (κ3) is 6.39. The van der Waals surface area contributed by atoms with E-state index in [1.165, 1.54) is 105 Å². The molecule has 1 aromatic heterocycles. The molecule has 10 aromatic carbocycles. The van der Waals surface area contributed by atoms with Crippen LogP contribution in [-0.2, 0) is 5.41 Å². The SMILES string of the molecule is Cc1cc(-c2cccc(-n3c4ccccc4c4ccccc43)c2)cc(C)c1N(c1ccc(-c2ccc3c(c2)C(C)(C)c2ccccc2-3)cc1)c1ccc(-c2ccc3ccccc3c2)cc1. The van der Waals surface area contributed by atoms with E-state index >= 15 is 0 Å². The van der Waals surface area contributed by atoms with E-state index in [2.05, 4.69) is 256 Å². The number of aryl methyl sites for hydroxylation is 2. The van der Waals surface area contributed by atoms with E-state index in [1.54, 1.807) is 0 Å². The number of nitrogens with zero attached hydrogens (tertiary/aromatic N) is 2. The van der Waals surface area contributed by atoms with Gasteiger partial charge >= 0.3 is 0 Å². The Balaban J connectivity index is 0.941. The van der Waals surface area contributed by atoms with Crippen LogP contribution in [0, 0.1) is 13.8 Å². The summed E-state index contributed by atoms with van der Waals surface area (Å²) in [5.74, 6) is 0. The van der Waals surface area contributed by atoms with Gasteiger partial charge in [0, 0.05) is 33.2 Å². The fraction of sp³-hybridized carbons (Fsp3) is 0.0794. The highest BCUT2D eigenvalue weighted by atomic mass is 15.1. The van der Waals surface area contributed by atoms with Gasteiger partial charge in [-0.2, -0.15) is 0 Å². The Hall–Kier alpha value is -7.94. The largest absolute Gasteiger partial charge is 0.310 e. The minimum atomic E-state index is -0.0503. The third-order valence-electron chi connectivity index (χ3n) is 14.0. The molecule has 1 aliphatic rings. The van der Waals surface area contributed by atoms with Gasteiger partial charge in [-0.3, -0.25) is 0 Å². The van der Waals surface area contributed by atoms with Crippen LogP contribution < -0.4 is 4.90 Å². The minimum Gasteiger partial charge on any atom is -0.310 e. The van der Waals surface area contributed by atoms with Crippen molar-refractivity contribution in [3.05, 3.63) is 241 Å². The van der Waals surface area contributed by atoms with Crippen molar-refractivity contribution in [1.29, 1.82) is 0 Å². The second-order valence-corrected chi connectivity index (χ2v) is 18.3. The first-order valence-corrected chi connectivity index (χ1v) is 22.7. The van der Waals surface area contributed by atoms with Gasteiger partial charge < -0.3 is 9.47 Å². The Labute approximate surface area is 381 Å². The van der Waals surface area contributed by atoms with Gasteiger partial charge in [0.1, 0.15) is 0 Å². The van der Waals surface area contributed by atoms with Crippen LogP contribution in [-0.4, -0.2) is 4.57 Å². The molecule has 0 spiro atoms. The summed E-state index contributed by atoms with van der Waals surface area (Å²) in [6.07, 6.45) is 0. The number of para-hydroxylation sites is 2. The van der Waals surface area contributed by atoms with Crippen LogP contribution in [0.2, 0.25) is 0 Å². The zero-order valence-electron chi connectivity index (χ0n) is 37.2. The highest BCUT2D eigenvalue weighted by Crippen LogP contribution is 2.50. The molecule has 0 unspecified atom stereocenters. The molecule has 12 rings (SSSR count). The van der Waals surface area contributed by atoms with Crippen molar-refractivity contribution in [2.75, 3.05) is 4.90 Å². The first kappa shape index (κ1) is 38.7. The van der Waals surface area contributed by atoms with Gasteiger partial charge in [0.15, 0.2) is 0 Å².